The number of aromatic amines is 2. The van der Waals surface area contributed by atoms with Crippen molar-refractivity contribution in [1.82, 2.24) is 29.5 Å². The molecular formula is C29H24BrN7O. The molecule has 0 aliphatic carbocycles. The van der Waals surface area contributed by atoms with Gasteiger partial charge in [0, 0.05) is 34.9 Å². The number of hydrogen-bond acceptors (Lipinski definition) is 5. The molecule has 0 bridgehead atoms. The second-order valence-corrected chi connectivity index (χ2v) is 10.0. The average molecular weight is 566 g/mol. The van der Waals surface area contributed by atoms with Crippen molar-refractivity contribution >= 4 is 32.7 Å². The summed E-state index contributed by atoms with van der Waals surface area (Å²) in [5.41, 5.74) is 6.52. The van der Waals surface area contributed by atoms with E-state index in [-0.39, 0.29) is 11.6 Å². The van der Waals surface area contributed by atoms with Gasteiger partial charge in [-0.05, 0) is 66.9 Å². The number of rotatable bonds is 7. The monoisotopic (exact) mass is 565 g/mol. The Kier molecular flexibility index (Phi) is 6.35. The summed E-state index contributed by atoms with van der Waals surface area (Å²) in [6.07, 6.45) is 9.49. The fourth-order valence-corrected chi connectivity index (χ4v) is 5.13. The van der Waals surface area contributed by atoms with E-state index < -0.39 is 0 Å². The van der Waals surface area contributed by atoms with Crippen molar-refractivity contribution in [3.63, 3.8) is 0 Å². The van der Waals surface area contributed by atoms with Gasteiger partial charge >= 0.3 is 0 Å². The molecule has 3 N–H and O–H groups in total. The standard InChI is InChI=1S/C29H24BrN7O/c1-18-13-21(37-12-11-31-17-37)16-25-27(18)36-28(35-25)26-23(8-10-33-29(26)38)34-24(22-7-2-3-9-32-22)15-19-5-4-6-20(30)14-19/h2-14,16-17,24H,15H2,1H3,(H,35,36)(H2,33,34,38). The summed E-state index contributed by atoms with van der Waals surface area (Å²) in [6, 6.07) is 19.8. The number of aromatic nitrogens is 6. The van der Waals surface area contributed by atoms with Crippen LogP contribution in [0.15, 0.2) is 101 Å². The number of benzene rings is 2. The van der Waals surface area contributed by atoms with Gasteiger partial charge in [0.15, 0.2) is 0 Å². The van der Waals surface area contributed by atoms with Gasteiger partial charge in [0.25, 0.3) is 5.56 Å². The Bertz CT molecular complexity index is 1770. The summed E-state index contributed by atoms with van der Waals surface area (Å²) in [5.74, 6) is 0.498. The molecule has 0 saturated heterocycles. The van der Waals surface area contributed by atoms with Gasteiger partial charge in [0.2, 0.25) is 0 Å². The molecule has 188 valence electrons. The second kappa shape index (κ2) is 10.1. The van der Waals surface area contributed by atoms with Gasteiger partial charge in [-0.2, -0.15) is 0 Å². The van der Waals surface area contributed by atoms with Crippen molar-refractivity contribution in [3.8, 4) is 17.1 Å². The van der Waals surface area contributed by atoms with E-state index in [2.05, 4.69) is 59.4 Å². The van der Waals surface area contributed by atoms with Gasteiger partial charge in [0.05, 0.1) is 34.8 Å². The van der Waals surface area contributed by atoms with Crippen LogP contribution in [-0.4, -0.2) is 29.5 Å². The molecule has 38 heavy (non-hydrogen) atoms. The van der Waals surface area contributed by atoms with Crippen LogP contribution in [0.1, 0.15) is 22.9 Å². The maximum absolute atomic E-state index is 13.2. The highest BCUT2D eigenvalue weighted by atomic mass is 79.9. The van der Waals surface area contributed by atoms with Crippen LogP contribution in [0.4, 0.5) is 5.69 Å². The topological polar surface area (TPSA) is 104 Å². The third-order valence-electron chi connectivity index (χ3n) is 6.47. The molecule has 4 aromatic heterocycles. The first-order valence-corrected chi connectivity index (χ1v) is 13.0. The van der Waals surface area contributed by atoms with Gasteiger partial charge in [-0.1, -0.05) is 34.1 Å². The first-order chi connectivity index (χ1) is 18.5. The van der Waals surface area contributed by atoms with Crippen molar-refractivity contribution < 1.29 is 0 Å². The third kappa shape index (κ3) is 4.76. The highest BCUT2D eigenvalue weighted by Gasteiger charge is 2.20. The van der Waals surface area contributed by atoms with Crippen molar-refractivity contribution in [3.05, 3.63) is 123 Å². The number of imidazole rings is 2. The molecular weight excluding hydrogens is 542 g/mol. The zero-order valence-electron chi connectivity index (χ0n) is 20.5. The van der Waals surface area contributed by atoms with E-state index in [0.717, 1.165) is 38.0 Å². The number of nitrogens with zero attached hydrogens (tertiary/aromatic N) is 4. The zero-order valence-corrected chi connectivity index (χ0v) is 22.1. The van der Waals surface area contributed by atoms with Crippen molar-refractivity contribution in [1.29, 1.82) is 0 Å². The van der Waals surface area contributed by atoms with E-state index in [1.54, 1.807) is 24.9 Å². The molecule has 6 rings (SSSR count). The minimum atomic E-state index is -0.233. The minimum absolute atomic E-state index is 0.176. The number of halogens is 1. The lowest BCUT2D eigenvalue weighted by Gasteiger charge is -2.21. The largest absolute Gasteiger partial charge is 0.376 e. The lowest BCUT2D eigenvalue weighted by molar-refractivity contribution is 0.746. The average Bonchev–Trinajstić information content (AvgIpc) is 3.60. The molecule has 0 saturated carbocycles. The SMILES string of the molecule is Cc1cc(-n2ccnc2)cc2[nH]c(-c3c(NC(Cc4cccc(Br)c4)c4ccccn4)cc[nH]c3=O)nc12. The van der Waals surface area contributed by atoms with Crippen LogP contribution in [0, 0.1) is 6.92 Å². The van der Waals surface area contributed by atoms with Crippen LogP contribution < -0.4 is 10.9 Å². The first kappa shape index (κ1) is 23.9. The maximum Gasteiger partial charge on any atom is 0.261 e. The summed E-state index contributed by atoms with van der Waals surface area (Å²) >= 11 is 3.57. The predicted octanol–water partition coefficient (Wildman–Crippen LogP) is 5.97. The first-order valence-electron chi connectivity index (χ1n) is 12.2. The molecule has 0 radical (unpaired) electrons. The van der Waals surface area contributed by atoms with Gasteiger partial charge in [0.1, 0.15) is 11.4 Å². The van der Waals surface area contributed by atoms with Gasteiger partial charge in [-0.25, -0.2) is 9.97 Å². The van der Waals surface area contributed by atoms with E-state index in [0.29, 0.717) is 23.5 Å². The van der Waals surface area contributed by atoms with Crippen LogP contribution in [-0.2, 0) is 6.42 Å². The predicted molar refractivity (Wildman–Crippen MR) is 152 cm³/mol. The molecule has 0 amide bonds. The lowest BCUT2D eigenvalue weighted by atomic mass is 10.0. The number of anilines is 1. The maximum atomic E-state index is 13.2. The summed E-state index contributed by atoms with van der Waals surface area (Å²) < 4.78 is 2.95. The Morgan fingerprint density at radius 2 is 2.00 bits per heavy atom. The summed E-state index contributed by atoms with van der Waals surface area (Å²) in [7, 11) is 0. The second-order valence-electron chi connectivity index (χ2n) is 9.10. The lowest BCUT2D eigenvalue weighted by Crippen LogP contribution is -2.19. The fourth-order valence-electron chi connectivity index (χ4n) is 4.68. The zero-order chi connectivity index (χ0) is 26.1. The highest BCUT2D eigenvalue weighted by molar-refractivity contribution is 9.10. The molecule has 4 heterocycles. The minimum Gasteiger partial charge on any atom is -0.376 e. The molecule has 0 aliphatic heterocycles. The molecule has 1 unspecified atom stereocenters. The van der Waals surface area contributed by atoms with E-state index in [1.165, 1.54) is 0 Å². The number of aryl methyl sites for hydroxylation is 1. The highest BCUT2D eigenvalue weighted by Crippen LogP contribution is 2.30. The summed E-state index contributed by atoms with van der Waals surface area (Å²) in [4.78, 5) is 33.0. The molecule has 6 aromatic rings. The van der Waals surface area contributed by atoms with Gasteiger partial charge < -0.3 is 19.9 Å². The van der Waals surface area contributed by atoms with E-state index in [4.69, 9.17) is 4.98 Å². The van der Waals surface area contributed by atoms with Crippen LogP contribution in [0.5, 0.6) is 0 Å². The molecule has 0 spiro atoms. The quantitative estimate of drug-likeness (QED) is 0.221. The molecule has 2 aromatic carbocycles. The Hall–Kier alpha value is -4.50. The molecule has 0 aliphatic rings. The van der Waals surface area contributed by atoms with Crippen molar-refractivity contribution in [2.45, 2.75) is 19.4 Å². The van der Waals surface area contributed by atoms with E-state index in [9.17, 15) is 4.79 Å². The van der Waals surface area contributed by atoms with Crippen molar-refractivity contribution in [2.75, 3.05) is 5.32 Å². The Morgan fingerprint density at radius 1 is 1.08 bits per heavy atom. The van der Waals surface area contributed by atoms with Gasteiger partial charge in [-0.15, -0.1) is 0 Å². The summed E-state index contributed by atoms with van der Waals surface area (Å²) in [6.45, 7) is 2.01. The number of H-pyrrole nitrogens is 2. The number of nitrogens with one attached hydrogen (secondary N) is 3. The Balaban J connectivity index is 1.42. The van der Waals surface area contributed by atoms with Crippen LogP contribution in [0.2, 0.25) is 0 Å². The van der Waals surface area contributed by atoms with Gasteiger partial charge in [-0.3, -0.25) is 9.78 Å². The Labute approximate surface area is 227 Å². The smallest absolute Gasteiger partial charge is 0.261 e. The molecule has 1 atom stereocenters. The van der Waals surface area contributed by atoms with Crippen LogP contribution in [0.25, 0.3) is 28.1 Å². The third-order valence-corrected chi connectivity index (χ3v) is 6.96. The number of pyridine rings is 2. The molecule has 8 nitrogen and oxygen atoms in total. The van der Waals surface area contributed by atoms with Crippen LogP contribution >= 0.6 is 15.9 Å². The molecule has 9 heteroatoms. The number of hydrogen-bond donors (Lipinski definition) is 3. The van der Waals surface area contributed by atoms with Crippen LogP contribution in [0.3, 0.4) is 0 Å². The van der Waals surface area contributed by atoms with E-state index in [1.807, 2.05) is 60.2 Å². The number of fused-ring (bicyclic) bond motifs is 1. The van der Waals surface area contributed by atoms with E-state index >= 15 is 0 Å². The summed E-state index contributed by atoms with van der Waals surface area (Å²) in [5, 5.41) is 3.59. The fraction of sp³-hybridized carbons (Fsp3) is 0.103. The normalized spacial score (nSPS) is 12.1. The Morgan fingerprint density at radius 3 is 2.79 bits per heavy atom. The molecule has 0 fully saturated rings. The van der Waals surface area contributed by atoms with Crippen molar-refractivity contribution in [2.24, 2.45) is 0 Å².